The van der Waals surface area contributed by atoms with Gasteiger partial charge in [0.25, 0.3) is 0 Å². The van der Waals surface area contributed by atoms with E-state index in [1.54, 1.807) is 13.8 Å². The van der Waals surface area contributed by atoms with Crippen molar-refractivity contribution in [2.24, 2.45) is 17.6 Å². The van der Waals surface area contributed by atoms with Gasteiger partial charge in [-0.3, -0.25) is 14.4 Å². The SMILES string of the molecule is CCC(C)C(N)C(=O)NC(Cc1cnc[nH]1)C(=O)NC(C(=O)NC(C(=O)O)C(C)C)C(C)O. The summed E-state index contributed by atoms with van der Waals surface area (Å²) in [6, 6.07) is -4.61. The molecule has 8 N–H and O–H groups in total. The number of aliphatic carboxylic acids is 1. The number of aromatic amines is 1. The Morgan fingerprint density at radius 1 is 1.03 bits per heavy atom. The van der Waals surface area contributed by atoms with Crippen LogP contribution in [0.2, 0.25) is 0 Å². The quantitative estimate of drug-likeness (QED) is 0.189. The molecule has 0 saturated heterocycles. The van der Waals surface area contributed by atoms with Crippen molar-refractivity contribution in [1.29, 1.82) is 0 Å². The molecule has 1 heterocycles. The first-order valence-corrected chi connectivity index (χ1v) is 10.9. The van der Waals surface area contributed by atoms with Gasteiger partial charge in [0.1, 0.15) is 18.1 Å². The average Bonchev–Trinajstić information content (AvgIpc) is 3.26. The lowest BCUT2D eigenvalue weighted by atomic mass is 9.98. The zero-order valence-corrected chi connectivity index (χ0v) is 19.7. The second kappa shape index (κ2) is 12.9. The van der Waals surface area contributed by atoms with Crippen molar-refractivity contribution in [3.63, 3.8) is 0 Å². The monoisotopic (exact) mass is 468 g/mol. The lowest BCUT2D eigenvalue weighted by Gasteiger charge is -2.27. The molecule has 186 valence electrons. The van der Waals surface area contributed by atoms with E-state index in [1.165, 1.54) is 19.4 Å². The van der Waals surface area contributed by atoms with Gasteiger partial charge in [0, 0.05) is 18.3 Å². The van der Waals surface area contributed by atoms with E-state index in [0.717, 1.165) is 0 Å². The number of H-pyrrole nitrogens is 1. The highest BCUT2D eigenvalue weighted by molar-refractivity contribution is 5.94. The fraction of sp³-hybridized carbons (Fsp3) is 0.667. The van der Waals surface area contributed by atoms with Gasteiger partial charge in [-0.1, -0.05) is 34.1 Å². The Hall–Kier alpha value is -2.99. The van der Waals surface area contributed by atoms with Gasteiger partial charge in [0.15, 0.2) is 0 Å². The number of rotatable bonds is 13. The van der Waals surface area contributed by atoms with Crippen LogP contribution in [0.5, 0.6) is 0 Å². The molecule has 1 rings (SSSR count). The van der Waals surface area contributed by atoms with E-state index in [0.29, 0.717) is 12.1 Å². The Labute approximate surface area is 193 Å². The van der Waals surface area contributed by atoms with Crippen molar-refractivity contribution in [2.75, 3.05) is 0 Å². The molecule has 0 aliphatic heterocycles. The number of carbonyl (C=O) groups excluding carboxylic acids is 3. The molecule has 0 aliphatic carbocycles. The van der Waals surface area contributed by atoms with Gasteiger partial charge in [0.05, 0.1) is 18.5 Å². The van der Waals surface area contributed by atoms with E-state index < -0.39 is 59.9 Å². The summed E-state index contributed by atoms with van der Waals surface area (Å²) in [7, 11) is 0. The number of nitrogens with two attached hydrogens (primary N) is 1. The minimum atomic E-state index is -1.44. The van der Waals surface area contributed by atoms with E-state index in [4.69, 9.17) is 5.73 Å². The fourth-order valence-electron chi connectivity index (χ4n) is 3.02. The Bertz CT molecular complexity index is 797. The molecule has 12 nitrogen and oxygen atoms in total. The van der Waals surface area contributed by atoms with Gasteiger partial charge in [-0.2, -0.15) is 0 Å². The summed E-state index contributed by atoms with van der Waals surface area (Å²) in [5, 5.41) is 26.7. The molecule has 6 unspecified atom stereocenters. The molecule has 0 saturated carbocycles. The third-order valence-electron chi connectivity index (χ3n) is 5.46. The number of aliphatic hydroxyl groups excluding tert-OH is 1. The predicted molar refractivity (Wildman–Crippen MR) is 120 cm³/mol. The number of imidazole rings is 1. The standard InChI is InChI=1S/C21H36N6O6/c1-6-11(4)15(22)19(30)25-14(7-13-8-23-9-24-13)18(29)27-17(12(5)28)20(31)26-16(10(2)3)21(32)33/h8-12,14-17,28H,6-7,22H2,1-5H3,(H,23,24)(H,25,30)(H,26,31)(H,27,29)(H,32,33). The van der Waals surface area contributed by atoms with Crippen molar-refractivity contribution in [3.05, 3.63) is 18.2 Å². The summed E-state index contributed by atoms with van der Waals surface area (Å²) in [5.74, 6) is -3.92. The summed E-state index contributed by atoms with van der Waals surface area (Å²) >= 11 is 0. The Morgan fingerprint density at radius 3 is 2.09 bits per heavy atom. The largest absolute Gasteiger partial charge is 0.480 e. The number of amides is 3. The number of nitrogens with one attached hydrogen (secondary N) is 4. The summed E-state index contributed by atoms with van der Waals surface area (Å²) < 4.78 is 0. The third kappa shape index (κ3) is 8.46. The molecule has 0 spiro atoms. The number of carboxylic acids is 1. The molecule has 0 aromatic carbocycles. The first kappa shape index (κ1) is 28.0. The van der Waals surface area contributed by atoms with Gasteiger partial charge in [0.2, 0.25) is 17.7 Å². The Kier molecular flexibility index (Phi) is 11.0. The summed E-state index contributed by atoms with van der Waals surface area (Å²) in [4.78, 5) is 56.4. The minimum Gasteiger partial charge on any atom is -0.480 e. The zero-order valence-electron chi connectivity index (χ0n) is 19.7. The van der Waals surface area contributed by atoms with Gasteiger partial charge in [-0.05, 0) is 18.8 Å². The Morgan fingerprint density at radius 2 is 1.64 bits per heavy atom. The summed E-state index contributed by atoms with van der Waals surface area (Å²) in [5.41, 5.74) is 6.53. The number of carboxylic acid groups (broad SMARTS) is 1. The van der Waals surface area contributed by atoms with E-state index in [1.807, 2.05) is 13.8 Å². The highest BCUT2D eigenvalue weighted by Gasteiger charge is 2.34. The molecule has 0 fully saturated rings. The molecule has 12 heteroatoms. The van der Waals surface area contributed by atoms with Crippen LogP contribution in [0.25, 0.3) is 0 Å². The lowest BCUT2D eigenvalue weighted by molar-refractivity contribution is -0.144. The van der Waals surface area contributed by atoms with Crippen molar-refractivity contribution in [3.8, 4) is 0 Å². The summed E-state index contributed by atoms with van der Waals surface area (Å²) in [6.07, 6.45) is 2.27. The van der Waals surface area contributed by atoms with Crippen LogP contribution in [0, 0.1) is 11.8 Å². The van der Waals surface area contributed by atoms with Crippen molar-refractivity contribution in [1.82, 2.24) is 25.9 Å². The normalized spacial score (nSPS) is 16.7. The molecule has 0 bridgehead atoms. The molecule has 3 amide bonds. The van der Waals surface area contributed by atoms with Crippen LogP contribution in [-0.2, 0) is 25.6 Å². The molecule has 6 atom stereocenters. The van der Waals surface area contributed by atoms with E-state index in [2.05, 4.69) is 25.9 Å². The number of carbonyl (C=O) groups is 4. The maximum atomic E-state index is 13.0. The van der Waals surface area contributed by atoms with Crippen LogP contribution in [0.4, 0.5) is 0 Å². The fourth-order valence-corrected chi connectivity index (χ4v) is 3.02. The number of aromatic nitrogens is 2. The van der Waals surface area contributed by atoms with Gasteiger partial charge in [-0.15, -0.1) is 0 Å². The maximum absolute atomic E-state index is 13.0. The zero-order chi connectivity index (χ0) is 25.3. The molecular formula is C21H36N6O6. The molecule has 33 heavy (non-hydrogen) atoms. The highest BCUT2D eigenvalue weighted by atomic mass is 16.4. The van der Waals surface area contributed by atoms with Crippen molar-refractivity contribution < 1.29 is 29.4 Å². The van der Waals surface area contributed by atoms with Gasteiger partial charge >= 0.3 is 5.97 Å². The van der Waals surface area contributed by atoms with Crippen LogP contribution < -0.4 is 21.7 Å². The first-order chi connectivity index (χ1) is 15.4. The number of hydrogen-bond donors (Lipinski definition) is 7. The lowest BCUT2D eigenvalue weighted by Crippen LogP contribution is -2.61. The predicted octanol–water partition coefficient (Wildman–Crippen LogP) is -1.10. The first-order valence-electron chi connectivity index (χ1n) is 10.9. The number of hydrogen-bond acceptors (Lipinski definition) is 7. The number of aliphatic hydroxyl groups is 1. The van der Waals surface area contributed by atoms with Crippen molar-refractivity contribution in [2.45, 2.75) is 77.7 Å². The van der Waals surface area contributed by atoms with Crippen molar-refractivity contribution >= 4 is 23.7 Å². The molecule has 1 aromatic rings. The molecule has 0 radical (unpaired) electrons. The minimum absolute atomic E-state index is 0.0304. The van der Waals surface area contributed by atoms with E-state index in [9.17, 15) is 29.4 Å². The van der Waals surface area contributed by atoms with Crippen LogP contribution in [0.1, 0.15) is 46.7 Å². The van der Waals surface area contributed by atoms with Crippen LogP contribution in [-0.4, -0.2) is 74.1 Å². The average molecular weight is 469 g/mol. The summed E-state index contributed by atoms with van der Waals surface area (Å²) in [6.45, 7) is 8.23. The second-order valence-electron chi connectivity index (χ2n) is 8.55. The van der Waals surface area contributed by atoms with Crippen LogP contribution in [0.3, 0.4) is 0 Å². The van der Waals surface area contributed by atoms with Gasteiger partial charge < -0.3 is 36.9 Å². The van der Waals surface area contributed by atoms with Crippen LogP contribution in [0.15, 0.2) is 12.5 Å². The highest BCUT2D eigenvalue weighted by Crippen LogP contribution is 2.08. The smallest absolute Gasteiger partial charge is 0.326 e. The Balaban J connectivity index is 3.04. The maximum Gasteiger partial charge on any atom is 0.326 e. The molecular weight excluding hydrogens is 432 g/mol. The van der Waals surface area contributed by atoms with Crippen LogP contribution >= 0.6 is 0 Å². The van der Waals surface area contributed by atoms with Gasteiger partial charge in [-0.25, -0.2) is 9.78 Å². The molecule has 1 aromatic heterocycles. The second-order valence-corrected chi connectivity index (χ2v) is 8.55. The number of nitrogens with zero attached hydrogens (tertiary/aromatic N) is 1. The topological polar surface area (TPSA) is 200 Å². The third-order valence-corrected chi connectivity index (χ3v) is 5.46. The van der Waals surface area contributed by atoms with E-state index in [-0.39, 0.29) is 12.3 Å². The molecule has 0 aliphatic rings. The van der Waals surface area contributed by atoms with E-state index >= 15 is 0 Å².